The number of methoxy groups -OCH3 is 1. The van der Waals surface area contributed by atoms with Crippen LogP contribution in [0.1, 0.15) is 11.7 Å². The molecule has 70 valence electrons. The molecule has 1 aromatic carbocycles. The molecule has 0 heterocycles. The fourth-order valence-corrected chi connectivity index (χ4v) is 0.950. The van der Waals surface area contributed by atoms with E-state index in [0.29, 0.717) is 5.56 Å². The summed E-state index contributed by atoms with van der Waals surface area (Å²) < 4.78 is 4.94. The van der Waals surface area contributed by atoms with E-state index < -0.39 is 6.10 Å². The van der Waals surface area contributed by atoms with Gasteiger partial charge in [-0.1, -0.05) is 17.3 Å². The topological polar surface area (TPSA) is 62.0 Å². The summed E-state index contributed by atoms with van der Waals surface area (Å²) in [7, 11) is 1.57. The molecule has 0 aliphatic heterocycles. The number of hydrogen-bond donors (Lipinski definition) is 2. The molecule has 4 nitrogen and oxygen atoms in total. The second-order valence-corrected chi connectivity index (χ2v) is 2.48. The van der Waals surface area contributed by atoms with Crippen LogP contribution in [-0.2, 0) is 0 Å². The van der Waals surface area contributed by atoms with Gasteiger partial charge in [0.05, 0.1) is 13.3 Å². The Hall–Kier alpha value is -1.55. The standard InChI is InChI=1S/C9H11NO3/c1-13-8-4-2-7(3-5-8)9(11)6-10-12/h2-6,9,11-12H,1H3. The van der Waals surface area contributed by atoms with Crippen molar-refractivity contribution in [3.05, 3.63) is 29.8 Å². The highest BCUT2D eigenvalue weighted by Crippen LogP contribution is 2.15. The van der Waals surface area contributed by atoms with Gasteiger partial charge in [0.15, 0.2) is 0 Å². The molecular weight excluding hydrogens is 170 g/mol. The molecular formula is C9H11NO3. The molecule has 0 radical (unpaired) electrons. The first-order chi connectivity index (χ1) is 6.27. The van der Waals surface area contributed by atoms with Gasteiger partial charge < -0.3 is 15.1 Å². The van der Waals surface area contributed by atoms with Gasteiger partial charge in [0.1, 0.15) is 11.9 Å². The molecule has 1 unspecified atom stereocenters. The third-order valence-corrected chi connectivity index (χ3v) is 1.67. The Morgan fingerprint density at radius 1 is 1.38 bits per heavy atom. The first kappa shape index (κ1) is 9.54. The number of hydrogen-bond acceptors (Lipinski definition) is 4. The highest BCUT2D eigenvalue weighted by molar-refractivity contribution is 5.64. The molecule has 0 fully saturated rings. The van der Waals surface area contributed by atoms with Crippen molar-refractivity contribution in [2.24, 2.45) is 5.16 Å². The van der Waals surface area contributed by atoms with Crippen molar-refractivity contribution in [2.75, 3.05) is 7.11 Å². The molecule has 0 aromatic heterocycles. The van der Waals surface area contributed by atoms with Gasteiger partial charge in [0, 0.05) is 0 Å². The van der Waals surface area contributed by atoms with E-state index >= 15 is 0 Å². The van der Waals surface area contributed by atoms with Gasteiger partial charge in [-0.15, -0.1) is 0 Å². The quantitative estimate of drug-likeness (QED) is 0.418. The Bertz CT molecular complexity index is 281. The summed E-state index contributed by atoms with van der Waals surface area (Å²) in [6.45, 7) is 0. The molecule has 0 aliphatic carbocycles. The van der Waals surface area contributed by atoms with Crippen LogP contribution < -0.4 is 4.74 Å². The summed E-state index contributed by atoms with van der Waals surface area (Å²) in [5.41, 5.74) is 0.651. The van der Waals surface area contributed by atoms with E-state index in [4.69, 9.17) is 9.94 Å². The fourth-order valence-electron chi connectivity index (χ4n) is 0.950. The molecule has 1 rings (SSSR count). The summed E-state index contributed by atoms with van der Waals surface area (Å²) in [6, 6.07) is 6.85. The van der Waals surface area contributed by atoms with Gasteiger partial charge in [-0.25, -0.2) is 0 Å². The summed E-state index contributed by atoms with van der Waals surface area (Å²) in [5, 5.41) is 20.3. The molecule has 4 heteroatoms. The lowest BCUT2D eigenvalue weighted by molar-refractivity contribution is 0.241. The lowest BCUT2D eigenvalue weighted by Crippen LogP contribution is -1.98. The summed E-state index contributed by atoms with van der Waals surface area (Å²) in [5.74, 6) is 0.719. The van der Waals surface area contributed by atoms with Gasteiger partial charge in [-0.2, -0.15) is 0 Å². The third-order valence-electron chi connectivity index (χ3n) is 1.67. The number of nitrogens with zero attached hydrogens (tertiary/aromatic N) is 1. The average molecular weight is 181 g/mol. The van der Waals surface area contributed by atoms with E-state index in [2.05, 4.69) is 5.16 Å². The lowest BCUT2D eigenvalue weighted by atomic mass is 10.1. The van der Waals surface area contributed by atoms with Crippen molar-refractivity contribution >= 4 is 6.21 Å². The van der Waals surface area contributed by atoms with Crippen molar-refractivity contribution in [2.45, 2.75) is 6.10 Å². The molecule has 1 aromatic rings. The molecule has 0 aliphatic rings. The van der Waals surface area contributed by atoms with Crippen molar-refractivity contribution < 1.29 is 15.1 Å². The predicted octanol–water partition coefficient (Wildman–Crippen LogP) is 1.19. The number of benzene rings is 1. The van der Waals surface area contributed by atoms with E-state index in [1.54, 1.807) is 31.4 Å². The second-order valence-electron chi connectivity index (χ2n) is 2.48. The van der Waals surface area contributed by atoms with Crippen molar-refractivity contribution in [3.63, 3.8) is 0 Å². The predicted molar refractivity (Wildman–Crippen MR) is 48.2 cm³/mol. The Morgan fingerprint density at radius 2 is 2.00 bits per heavy atom. The molecule has 13 heavy (non-hydrogen) atoms. The first-order valence-electron chi connectivity index (χ1n) is 3.77. The van der Waals surface area contributed by atoms with Gasteiger partial charge in [-0.05, 0) is 17.7 Å². The smallest absolute Gasteiger partial charge is 0.118 e. The van der Waals surface area contributed by atoms with E-state index in [-0.39, 0.29) is 0 Å². The molecule has 0 amide bonds. The van der Waals surface area contributed by atoms with E-state index in [0.717, 1.165) is 12.0 Å². The van der Waals surface area contributed by atoms with Gasteiger partial charge >= 0.3 is 0 Å². The van der Waals surface area contributed by atoms with Gasteiger partial charge in [0.25, 0.3) is 0 Å². The Morgan fingerprint density at radius 3 is 2.46 bits per heavy atom. The Kier molecular flexibility index (Phi) is 3.28. The molecule has 1 atom stereocenters. The number of ether oxygens (including phenoxy) is 1. The highest BCUT2D eigenvalue weighted by Gasteiger charge is 2.03. The van der Waals surface area contributed by atoms with Crippen LogP contribution in [0.25, 0.3) is 0 Å². The normalized spacial score (nSPS) is 13.1. The number of rotatable bonds is 3. The minimum absolute atomic E-state index is 0.651. The van der Waals surface area contributed by atoms with Crippen LogP contribution in [0.4, 0.5) is 0 Å². The molecule has 0 saturated heterocycles. The number of aliphatic hydroxyl groups is 1. The zero-order valence-corrected chi connectivity index (χ0v) is 7.21. The minimum Gasteiger partial charge on any atom is -0.497 e. The Labute approximate surface area is 76.1 Å². The number of aliphatic hydroxyl groups excluding tert-OH is 1. The van der Waals surface area contributed by atoms with Gasteiger partial charge in [0.2, 0.25) is 0 Å². The SMILES string of the molecule is COc1ccc(C(O)C=NO)cc1. The van der Waals surface area contributed by atoms with Crippen LogP contribution in [0, 0.1) is 0 Å². The van der Waals surface area contributed by atoms with Crippen molar-refractivity contribution in [1.29, 1.82) is 0 Å². The van der Waals surface area contributed by atoms with E-state index in [9.17, 15) is 5.11 Å². The molecule has 0 spiro atoms. The van der Waals surface area contributed by atoms with Gasteiger partial charge in [-0.3, -0.25) is 0 Å². The molecule has 0 saturated carbocycles. The first-order valence-corrected chi connectivity index (χ1v) is 3.77. The van der Waals surface area contributed by atoms with Crippen LogP contribution in [-0.4, -0.2) is 23.6 Å². The van der Waals surface area contributed by atoms with Crippen LogP contribution in [0.3, 0.4) is 0 Å². The zero-order valence-electron chi connectivity index (χ0n) is 7.21. The monoisotopic (exact) mass is 181 g/mol. The Balaban J connectivity index is 2.79. The fraction of sp³-hybridized carbons (Fsp3) is 0.222. The average Bonchev–Trinajstić information content (AvgIpc) is 2.18. The maximum atomic E-state index is 9.33. The number of oxime groups is 1. The van der Waals surface area contributed by atoms with Crippen LogP contribution in [0.5, 0.6) is 5.75 Å². The zero-order chi connectivity index (χ0) is 9.68. The largest absolute Gasteiger partial charge is 0.497 e. The second kappa shape index (κ2) is 4.47. The summed E-state index contributed by atoms with van der Waals surface area (Å²) in [6.07, 6.45) is 0.165. The maximum absolute atomic E-state index is 9.33. The maximum Gasteiger partial charge on any atom is 0.118 e. The third kappa shape index (κ3) is 2.45. The van der Waals surface area contributed by atoms with E-state index in [1.807, 2.05) is 0 Å². The van der Waals surface area contributed by atoms with Crippen molar-refractivity contribution in [1.82, 2.24) is 0 Å². The molecule has 0 bridgehead atoms. The summed E-state index contributed by atoms with van der Waals surface area (Å²) >= 11 is 0. The van der Waals surface area contributed by atoms with Crippen LogP contribution in [0.15, 0.2) is 29.4 Å². The van der Waals surface area contributed by atoms with E-state index in [1.165, 1.54) is 0 Å². The minimum atomic E-state index is -0.879. The van der Waals surface area contributed by atoms with Crippen LogP contribution >= 0.6 is 0 Å². The van der Waals surface area contributed by atoms with Crippen molar-refractivity contribution in [3.8, 4) is 5.75 Å². The molecule has 2 N–H and O–H groups in total. The summed E-state index contributed by atoms with van der Waals surface area (Å²) in [4.78, 5) is 0. The lowest BCUT2D eigenvalue weighted by Gasteiger charge is -2.05. The highest BCUT2D eigenvalue weighted by atomic mass is 16.5. The van der Waals surface area contributed by atoms with Crippen LogP contribution in [0.2, 0.25) is 0 Å².